The van der Waals surface area contributed by atoms with Crippen LogP contribution in [0.4, 0.5) is 4.79 Å². The van der Waals surface area contributed by atoms with Crippen molar-refractivity contribution in [2.45, 2.75) is 19.3 Å². The van der Waals surface area contributed by atoms with Gasteiger partial charge < -0.3 is 10.0 Å². The normalized spacial score (nSPS) is 19.1. The summed E-state index contributed by atoms with van der Waals surface area (Å²) < 4.78 is 0. The number of hydrogen-bond acceptors (Lipinski definition) is 1. The molecule has 3 nitrogen and oxygen atoms in total. The number of hydrogen-bond donors (Lipinski definition) is 1. The summed E-state index contributed by atoms with van der Waals surface area (Å²) in [6.45, 7) is 1.32. The first-order chi connectivity index (χ1) is 5.30. The van der Waals surface area contributed by atoms with Crippen LogP contribution in [0.3, 0.4) is 0 Å². The SMILES string of the molecule is O=C(O)N1CCC=CCCC1. The molecule has 1 amide bonds. The van der Waals surface area contributed by atoms with E-state index in [4.69, 9.17) is 5.11 Å². The molecule has 1 heterocycles. The lowest BCUT2D eigenvalue weighted by atomic mass is 10.2. The average molecular weight is 155 g/mol. The summed E-state index contributed by atoms with van der Waals surface area (Å²) in [5.74, 6) is 0. The van der Waals surface area contributed by atoms with Crippen LogP contribution in [0.15, 0.2) is 12.2 Å². The lowest BCUT2D eigenvalue weighted by molar-refractivity contribution is 0.145. The van der Waals surface area contributed by atoms with Crippen molar-refractivity contribution >= 4 is 6.09 Å². The number of nitrogens with zero attached hydrogens (tertiary/aromatic N) is 1. The van der Waals surface area contributed by atoms with Crippen molar-refractivity contribution in [3.63, 3.8) is 0 Å². The highest BCUT2D eigenvalue weighted by Gasteiger charge is 2.09. The van der Waals surface area contributed by atoms with Crippen LogP contribution in [0.2, 0.25) is 0 Å². The van der Waals surface area contributed by atoms with E-state index in [0.717, 1.165) is 19.3 Å². The fraction of sp³-hybridized carbons (Fsp3) is 0.625. The number of amides is 1. The Morgan fingerprint density at radius 3 is 2.73 bits per heavy atom. The third-order valence-electron chi connectivity index (χ3n) is 1.80. The predicted molar refractivity (Wildman–Crippen MR) is 42.6 cm³/mol. The van der Waals surface area contributed by atoms with Gasteiger partial charge in [-0.15, -0.1) is 0 Å². The minimum absolute atomic E-state index is 0.645. The first kappa shape index (κ1) is 8.11. The molecule has 0 aromatic rings. The molecule has 1 aliphatic heterocycles. The van der Waals surface area contributed by atoms with Gasteiger partial charge in [0.2, 0.25) is 0 Å². The maximum absolute atomic E-state index is 10.5. The second-order valence-corrected chi connectivity index (χ2v) is 2.67. The van der Waals surface area contributed by atoms with Crippen LogP contribution >= 0.6 is 0 Å². The molecule has 0 bridgehead atoms. The molecule has 0 unspecified atom stereocenters. The van der Waals surface area contributed by atoms with Crippen LogP contribution in [-0.2, 0) is 0 Å². The Labute approximate surface area is 66.3 Å². The van der Waals surface area contributed by atoms with Crippen LogP contribution in [0.25, 0.3) is 0 Å². The number of carboxylic acid groups (broad SMARTS) is 1. The fourth-order valence-electron chi connectivity index (χ4n) is 1.17. The molecular weight excluding hydrogens is 142 g/mol. The Balaban J connectivity index is 2.42. The van der Waals surface area contributed by atoms with Crippen LogP contribution in [0.1, 0.15) is 19.3 Å². The van der Waals surface area contributed by atoms with Crippen LogP contribution in [-0.4, -0.2) is 29.2 Å². The van der Waals surface area contributed by atoms with Crippen molar-refractivity contribution in [1.82, 2.24) is 4.90 Å². The Hall–Kier alpha value is -0.990. The summed E-state index contributed by atoms with van der Waals surface area (Å²) in [5, 5.41) is 8.66. The van der Waals surface area contributed by atoms with E-state index in [2.05, 4.69) is 12.2 Å². The summed E-state index contributed by atoms with van der Waals surface area (Å²) in [5.41, 5.74) is 0. The maximum atomic E-state index is 10.5. The molecule has 0 radical (unpaired) electrons. The lowest BCUT2D eigenvalue weighted by Crippen LogP contribution is -2.31. The van der Waals surface area contributed by atoms with Crippen molar-refractivity contribution in [2.24, 2.45) is 0 Å². The molecule has 1 aliphatic rings. The van der Waals surface area contributed by atoms with Gasteiger partial charge in [0.05, 0.1) is 0 Å². The van der Waals surface area contributed by atoms with Gasteiger partial charge in [0.1, 0.15) is 0 Å². The fourth-order valence-corrected chi connectivity index (χ4v) is 1.17. The molecule has 0 aromatic carbocycles. The molecule has 1 rings (SSSR count). The van der Waals surface area contributed by atoms with Crippen molar-refractivity contribution < 1.29 is 9.90 Å². The highest BCUT2D eigenvalue weighted by Crippen LogP contribution is 2.03. The zero-order valence-corrected chi connectivity index (χ0v) is 6.49. The minimum atomic E-state index is -0.791. The smallest absolute Gasteiger partial charge is 0.407 e. The van der Waals surface area contributed by atoms with Crippen LogP contribution in [0, 0.1) is 0 Å². The van der Waals surface area contributed by atoms with E-state index in [1.807, 2.05) is 0 Å². The number of rotatable bonds is 0. The number of carbonyl (C=O) groups is 1. The van der Waals surface area contributed by atoms with Gasteiger partial charge in [0, 0.05) is 13.1 Å². The summed E-state index contributed by atoms with van der Waals surface area (Å²) >= 11 is 0. The zero-order chi connectivity index (χ0) is 8.10. The molecule has 3 heteroatoms. The minimum Gasteiger partial charge on any atom is -0.465 e. The van der Waals surface area contributed by atoms with Crippen molar-refractivity contribution in [3.8, 4) is 0 Å². The standard InChI is InChI=1S/C8H13NO2/c10-8(11)9-6-4-2-1-3-5-7-9/h1-2H,3-7H2,(H,10,11). The Bertz CT molecular complexity index is 165. The number of allylic oxidation sites excluding steroid dienone is 1. The first-order valence-electron chi connectivity index (χ1n) is 3.93. The van der Waals surface area contributed by atoms with E-state index in [1.54, 1.807) is 0 Å². The molecule has 0 fully saturated rings. The highest BCUT2D eigenvalue weighted by molar-refractivity contribution is 5.64. The summed E-state index contributed by atoms with van der Waals surface area (Å²) in [4.78, 5) is 12.0. The van der Waals surface area contributed by atoms with Crippen molar-refractivity contribution in [1.29, 1.82) is 0 Å². The molecule has 0 saturated carbocycles. The molecule has 0 saturated heterocycles. The third kappa shape index (κ3) is 2.62. The third-order valence-corrected chi connectivity index (χ3v) is 1.80. The second-order valence-electron chi connectivity index (χ2n) is 2.67. The van der Waals surface area contributed by atoms with Crippen LogP contribution in [0.5, 0.6) is 0 Å². The molecule has 0 aliphatic carbocycles. The van der Waals surface area contributed by atoms with Gasteiger partial charge >= 0.3 is 6.09 Å². The molecule has 62 valence electrons. The molecule has 11 heavy (non-hydrogen) atoms. The van der Waals surface area contributed by atoms with Gasteiger partial charge in [-0.1, -0.05) is 12.2 Å². The van der Waals surface area contributed by atoms with E-state index in [0.29, 0.717) is 13.1 Å². The van der Waals surface area contributed by atoms with E-state index in [-0.39, 0.29) is 0 Å². The molecule has 0 aromatic heterocycles. The van der Waals surface area contributed by atoms with E-state index in [9.17, 15) is 4.79 Å². The van der Waals surface area contributed by atoms with Gasteiger partial charge in [-0.25, -0.2) is 4.79 Å². The van der Waals surface area contributed by atoms with E-state index >= 15 is 0 Å². The summed E-state index contributed by atoms with van der Waals surface area (Å²) in [7, 11) is 0. The van der Waals surface area contributed by atoms with Gasteiger partial charge in [-0.05, 0) is 19.3 Å². The van der Waals surface area contributed by atoms with Gasteiger partial charge in [0.25, 0.3) is 0 Å². The Kier molecular flexibility index (Phi) is 2.95. The molecule has 1 N–H and O–H groups in total. The van der Waals surface area contributed by atoms with Crippen LogP contribution < -0.4 is 0 Å². The largest absolute Gasteiger partial charge is 0.465 e. The molecule has 0 atom stereocenters. The molecule has 0 spiro atoms. The predicted octanol–water partition coefficient (Wildman–Crippen LogP) is 1.71. The zero-order valence-electron chi connectivity index (χ0n) is 6.49. The van der Waals surface area contributed by atoms with E-state index < -0.39 is 6.09 Å². The topological polar surface area (TPSA) is 40.5 Å². The van der Waals surface area contributed by atoms with E-state index in [1.165, 1.54) is 4.90 Å². The highest BCUT2D eigenvalue weighted by atomic mass is 16.4. The quantitative estimate of drug-likeness (QED) is 0.541. The second kappa shape index (κ2) is 4.01. The Morgan fingerprint density at radius 2 is 2.00 bits per heavy atom. The van der Waals surface area contributed by atoms with Crippen molar-refractivity contribution in [3.05, 3.63) is 12.2 Å². The van der Waals surface area contributed by atoms with Gasteiger partial charge in [-0.2, -0.15) is 0 Å². The van der Waals surface area contributed by atoms with Crippen molar-refractivity contribution in [2.75, 3.05) is 13.1 Å². The lowest BCUT2D eigenvalue weighted by Gasteiger charge is -2.19. The maximum Gasteiger partial charge on any atom is 0.407 e. The van der Waals surface area contributed by atoms with Gasteiger partial charge in [-0.3, -0.25) is 0 Å². The monoisotopic (exact) mass is 155 g/mol. The average Bonchev–Trinajstić information content (AvgIpc) is 1.84. The first-order valence-corrected chi connectivity index (χ1v) is 3.93. The Morgan fingerprint density at radius 1 is 1.27 bits per heavy atom. The molecular formula is C8H13NO2. The summed E-state index contributed by atoms with van der Waals surface area (Å²) in [6.07, 6.45) is 6.19. The van der Waals surface area contributed by atoms with Gasteiger partial charge in [0.15, 0.2) is 0 Å². The summed E-state index contributed by atoms with van der Waals surface area (Å²) in [6, 6.07) is 0.